The minimum Gasteiger partial charge on any atom is -0.336 e. The van der Waals surface area contributed by atoms with E-state index in [-0.39, 0.29) is 11.8 Å². The lowest BCUT2D eigenvalue weighted by atomic mass is 9.95. The van der Waals surface area contributed by atoms with Gasteiger partial charge in [-0.25, -0.2) is 4.79 Å². The van der Waals surface area contributed by atoms with Crippen molar-refractivity contribution in [3.63, 3.8) is 0 Å². The fourth-order valence-electron chi connectivity index (χ4n) is 3.27. The van der Waals surface area contributed by atoms with E-state index < -0.39 is 5.97 Å². The Labute approximate surface area is 173 Å². The maximum absolute atomic E-state index is 12.1. The minimum atomic E-state index is -0.631. The van der Waals surface area contributed by atoms with E-state index in [9.17, 15) is 9.59 Å². The number of unbranched alkanes of at least 4 members (excludes halogenated alkanes) is 10. The number of rotatable bonds is 18. The van der Waals surface area contributed by atoms with Gasteiger partial charge in [0.15, 0.2) is 0 Å². The van der Waals surface area contributed by atoms with Crippen LogP contribution in [-0.4, -0.2) is 11.9 Å². The van der Waals surface area contributed by atoms with Crippen molar-refractivity contribution in [2.75, 3.05) is 0 Å². The van der Waals surface area contributed by atoms with Gasteiger partial charge in [-0.05, 0) is 38.5 Å². The summed E-state index contributed by atoms with van der Waals surface area (Å²) in [5, 5.41) is 0. The zero-order valence-electron chi connectivity index (χ0n) is 18.3. The third-order valence-corrected chi connectivity index (χ3v) is 4.99. The smallest absolute Gasteiger partial charge is 0.336 e. The topological polar surface area (TPSA) is 55.4 Å². The zero-order chi connectivity index (χ0) is 20.9. The van der Waals surface area contributed by atoms with Crippen LogP contribution in [0.5, 0.6) is 0 Å². The minimum absolute atomic E-state index is 0.0835. The second-order valence-electron chi connectivity index (χ2n) is 7.60. The predicted molar refractivity (Wildman–Crippen MR) is 118 cm³/mol. The Morgan fingerprint density at radius 3 is 1.96 bits per heavy atom. The Morgan fingerprint density at radius 2 is 1.39 bits per heavy atom. The van der Waals surface area contributed by atoms with Crippen molar-refractivity contribution < 1.29 is 14.4 Å². The molecule has 0 fully saturated rings. The number of carbonyl (C=O) groups excluding carboxylic acids is 2. The van der Waals surface area contributed by atoms with Gasteiger partial charge in [0.25, 0.3) is 5.91 Å². The average Bonchev–Trinajstić information content (AvgIpc) is 2.71. The Morgan fingerprint density at radius 1 is 0.821 bits per heavy atom. The maximum Gasteiger partial charge on any atom is 0.355 e. The number of allylic oxidation sites excluding steroid dienone is 2. The SMILES string of the molecule is C=CC(=O)ONC(=O)C(CCC)CCCCCC/C=C\CCCCCCCC. The van der Waals surface area contributed by atoms with Crippen molar-refractivity contribution in [1.82, 2.24) is 5.48 Å². The summed E-state index contributed by atoms with van der Waals surface area (Å²) in [7, 11) is 0. The van der Waals surface area contributed by atoms with Gasteiger partial charge < -0.3 is 4.84 Å². The van der Waals surface area contributed by atoms with Gasteiger partial charge in [0, 0.05) is 12.0 Å². The summed E-state index contributed by atoms with van der Waals surface area (Å²) < 4.78 is 0. The molecule has 0 bridgehead atoms. The molecule has 28 heavy (non-hydrogen) atoms. The molecule has 1 unspecified atom stereocenters. The van der Waals surface area contributed by atoms with E-state index in [4.69, 9.17) is 0 Å². The second kappa shape index (κ2) is 20.2. The van der Waals surface area contributed by atoms with Crippen LogP contribution >= 0.6 is 0 Å². The Kier molecular flexibility index (Phi) is 19.0. The summed E-state index contributed by atoms with van der Waals surface area (Å²) in [5.74, 6) is -0.914. The van der Waals surface area contributed by atoms with E-state index in [1.165, 1.54) is 57.8 Å². The highest BCUT2D eigenvalue weighted by Crippen LogP contribution is 2.17. The fraction of sp³-hybridized carbons (Fsp3) is 0.750. The van der Waals surface area contributed by atoms with Gasteiger partial charge >= 0.3 is 5.97 Å². The maximum atomic E-state index is 12.1. The molecule has 4 heteroatoms. The molecule has 0 aromatic heterocycles. The van der Waals surface area contributed by atoms with Crippen molar-refractivity contribution in [2.45, 2.75) is 110 Å². The highest BCUT2D eigenvalue weighted by atomic mass is 16.7. The molecule has 0 heterocycles. The van der Waals surface area contributed by atoms with E-state index in [0.717, 1.165) is 44.6 Å². The molecule has 0 radical (unpaired) electrons. The van der Waals surface area contributed by atoms with Crippen molar-refractivity contribution in [3.8, 4) is 0 Å². The predicted octanol–water partition coefficient (Wildman–Crippen LogP) is 6.81. The summed E-state index contributed by atoms with van der Waals surface area (Å²) in [4.78, 5) is 27.8. The van der Waals surface area contributed by atoms with Crippen LogP contribution in [0.25, 0.3) is 0 Å². The average molecular weight is 394 g/mol. The van der Waals surface area contributed by atoms with Gasteiger partial charge in [-0.15, -0.1) is 0 Å². The Balaban J connectivity index is 3.66. The summed E-state index contributed by atoms with van der Waals surface area (Å²) in [5.41, 5.74) is 2.25. The largest absolute Gasteiger partial charge is 0.355 e. The molecule has 0 rings (SSSR count). The van der Waals surface area contributed by atoms with E-state index in [1.54, 1.807) is 0 Å². The zero-order valence-corrected chi connectivity index (χ0v) is 18.3. The molecule has 1 N–H and O–H groups in total. The standard InChI is InChI=1S/C24H43NO3/c1-4-7-8-9-10-11-12-13-14-15-16-17-18-19-21-22(20-5-2)24(27)25-28-23(26)6-3/h6,13-14,22H,3-5,7-12,15-21H2,1-2H3,(H,25,27)/b14-13-. The van der Waals surface area contributed by atoms with Crippen LogP contribution in [-0.2, 0) is 14.4 Å². The number of hydroxylamine groups is 1. The Hall–Kier alpha value is -1.58. The third kappa shape index (κ3) is 16.6. The third-order valence-electron chi connectivity index (χ3n) is 4.99. The monoisotopic (exact) mass is 393 g/mol. The van der Waals surface area contributed by atoms with Crippen molar-refractivity contribution in [1.29, 1.82) is 0 Å². The van der Waals surface area contributed by atoms with Crippen LogP contribution in [0.4, 0.5) is 0 Å². The van der Waals surface area contributed by atoms with Gasteiger partial charge in [0.2, 0.25) is 0 Å². The first-order valence-electron chi connectivity index (χ1n) is 11.4. The molecule has 0 saturated heterocycles. The quantitative estimate of drug-likeness (QED) is 0.120. The highest BCUT2D eigenvalue weighted by Gasteiger charge is 2.18. The number of hydrogen-bond acceptors (Lipinski definition) is 3. The van der Waals surface area contributed by atoms with Crippen molar-refractivity contribution in [2.24, 2.45) is 5.92 Å². The lowest BCUT2D eigenvalue weighted by molar-refractivity contribution is -0.155. The van der Waals surface area contributed by atoms with Gasteiger partial charge in [-0.3, -0.25) is 4.79 Å². The Bertz CT molecular complexity index is 432. The van der Waals surface area contributed by atoms with Crippen LogP contribution in [0.15, 0.2) is 24.8 Å². The summed E-state index contributed by atoms with van der Waals surface area (Å²) in [6, 6.07) is 0. The molecule has 0 saturated carbocycles. The van der Waals surface area contributed by atoms with Gasteiger partial charge in [0.1, 0.15) is 0 Å². The van der Waals surface area contributed by atoms with E-state index in [2.05, 4.69) is 42.9 Å². The van der Waals surface area contributed by atoms with Crippen LogP contribution in [0, 0.1) is 5.92 Å². The lowest BCUT2D eigenvalue weighted by Crippen LogP contribution is -2.32. The normalized spacial score (nSPS) is 12.1. The molecule has 0 spiro atoms. The molecule has 0 aromatic carbocycles. The van der Waals surface area contributed by atoms with Crippen LogP contribution in [0.1, 0.15) is 110 Å². The van der Waals surface area contributed by atoms with Gasteiger partial charge in [-0.1, -0.05) is 90.4 Å². The van der Waals surface area contributed by atoms with E-state index in [0.29, 0.717) is 0 Å². The van der Waals surface area contributed by atoms with Crippen LogP contribution < -0.4 is 5.48 Å². The van der Waals surface area contributed by atoms with Gasteiger partial charge in [0.05, 0.1) is 0 Å². The molecule has 4 nitrogen and oxygen atoms in total. The molecule has 162 valence electrons. The summed E-state index contributed by atoms with van der Waals surface area (Å²) in [6.45, 7) is 7.63. The number of nitrogens with one attached hydrogen (secondary N) is 1. The number of hydrogen-bond donors (Lipinski definition) is 1. The molecule has 0 aliphatic heterocycles. The molecular formula is C24H43NO3. The first-order valence-corrected chi connectivity index (χ1v) is 11.4. The summed E-state index contributed by atoms with van der Waals surface area (Å²) >= 11 is 0. The van der Waals surface area contributed by atoms with Crippen LogP contribution in [0.2, 0.25) is 0 Å². The molecular weight excluding hydrogens is 350 g/mol. The number of carbonyl (C=O) groups is 2. The van der Waals surface area contributed by atoms with Gasteiger partial charge in [-0.2, -0.15) is 5.48 Å². The molecule has 1 atom stereocenters. The second-order valence-corrected chi connectivity index (χ2v) is 7.60. The molecule has 0 aromatic rings. The van der Waals surface area contributed by atoms with Crippen LogP contribution in [0.3, 0.4) is 0 Å². The molecule has 0 aliphatic rings. The molecule has 1 amide bonds. The highest BCUT2D eigenvalue weighted by molar-refractivity contribution is 5.84. The van der Waals surface area contributed by atoms with E-state index >= 15 is 0 Å². The number of amides is 1. The van der Waals surface area contributed by atoms with E-state index in [1.807, 2.05) is 0 Å². The first kappa shape index (κ1) is 26.4. The summed E-state index contributed by atoms with van der Waals surface area (Å²) in [6.07, 6.45) is 23.4. The van der Waals surface area contributed by atoms with Crippen molar-refractivity contribution >= 4 is 11.9 Å². The first-order chi connectivity index (χ1) is 13.7. The molecule has 0 aliphatic carbocycles. The van der Waals surface area contributed by atoms with Crippen molar-refractivity contribution in [3.05, 3.63) is 24.8 Å². The fourth-order valence-corrected chi connectivity index (χ4v) is 3.27. The lowest BCUT2D eigenvalue weighted by Gasteiger charge is -2.15.